The third-order valence-corrected chi connectivity index (χ3v) is 4.05. The topological polar surface area (TPSA) is 75.6 Å². The maximum atomic E-state index is 14.1. The molecule has 22 heavy (non-hydrogen) atoms. The van der Waals surface area contributed by atoms with Crippen LogP contribution in [0.5, 0.6) is 0 Å². The van der Waals surface area contributed by atoms with Gasteiger partial charge in [-0.15, -0.1) is 0 Å². The summed E-state index contributed by atoms with van der Waals surface area (Å²) in [5, 5.41) is 12.1. The lowest BCUT2D eigenvalue weighted by atomic mass is 9.81. The number of carbonyl (C=O) groups is 2. The fraction of sp³-hybridized carbons (Fsp3) is 0.867. The molecule has 3 atom stereocenters. The minimum Gasteiger partial charge on any atom is -0.480 e. The third-order valence-electron chi connectivity index (χ3n) is 4.05. The molecule has 1 aliphatic rings. The minimum atomic E-state index is -3.51. The fourth-order valence-corrected chi connectivity index (χ4v) is 2.92. The van der Waals surface area contributed by atoms with Crippen LogP contribution in [-0.4, -0.2) is 41.7 Å². The van der Waals surface area contributed by atoms with E-state index in [1.807, 2.05) is 6.92 Å². The number of halogens is 2. The molecule has 0 amide bonds. The van der Waals surface area contributed by atoms with E-state index in [0.717, 1.165) is 0 Å². The summed E-state index contributed by atoms with van der Waals surface area (Å²) in [6.07, 6.45) is 2.65. The maximum Gasteiger partial charge on any atom is 0.377 e. The zero-order chi connectivity index (χ0) is 16.8. The number of nitrogens with one attached hydrogen (secondary N) is 1. The summed E-state index contributed by atoms with van der Waals surface area (Å²) in [5.74, 6) is -7.07. The molecule has 0 radical (unpaired) electrons. The normalized spacial score (nSPS) is 23.8. The Morgan fingerprint density at radius 1 is 1.36 bits per heavy atom. The van der Waals surface area contributed by atoms with Crippen molar-refractivity contribution in [1.82, 2.24) is 5.32 Å². The zero-order valence-electron chi connectivity index (χ0n) is 13.1. The molecule has 0 bridgehead atoms. The lowest BCUT2D eigenvalue weighted by molar-refractivity contribution is -0.182. The standard InChI is InChI=1S/C15H25F2NO4/c1-3-6-12(13(19)20)18-11-8-5-7-10(9-11)15(16,17)14(21)22-4-2/h10-12,18H,3-9H2,1-2H3,(H,19,20). The van der Waals surface area contributed by atoms with Crippen LogP contribution in [0.4, 0.5) is 8.78 Å². The summed E-state index contributed by atoms with van der Waals surface area (Å²) in [7, 11) is 0. The lowest BCUT2D eigenvalue weighted by Gasteiger charge is -2.34. The molecule has 1 aliphatic carbocycles. The molecule has 1 saturated carbocycles. The van der Waals surface area contributed by atoms with Gasteiger partial charge in [-0.2, -0.15) is 8.78 Å². The number of ether oxygens (including phenoxy) is 1. The van der Waals surface area contributed by atoms with Crippen molar-refractivity contribution in [2.24, 2.45) is 5.92 Å². The summed E-state index contributed by atoms with van der Waals surface area (Å²) < 4.78 is 32.6. The lowest BCUT2D eigenvalue weighted by Crippen LogP contribution is -2.49. The highest BCUT2D eigenvalue weighted by atomic mass is 19.3. The monoisotopic (exact) mass is 321 g/mol. The summed E-state index contributed by atoms with van der Waals surface area (Å²) >= 11 is 0. The molecule has 0 aromatic carbocycles. The molecule has 0 aromatic heterocycles. The Morgan fingerprint density at radius 2 is 2.05 bits per heavy atom. The van der Waals surface area contributed by atoms with Crippen LogP contribution >= 0.6 is 0 Å². The Kier molecular flexibility index (Phi) is 7.19. The Hall–Kier alpha value is -1.24. The Bertz CT molecular complexity index is 390. The molecule has 0 aliphatic heterocycles. The molecule has 1 fully saturated rings. The van der Waals surface area contributed by atoms with Crippen molar-refractivity contribution in [1.29, 1.82) is 0 Å². The van der Waals surface area contributed by atoms with Crippen molar-refractivity contribution in [3.05, 3.63) is 0 Å². The largest absolute Gasteiger partial charge is 0.480 e. The van der Waals surface area contributed by atoms with Crippen molar-refractivity contribution in [2.75, 3.05) is 6.61 Å². The highest BCUT2D eigenvalue weighted by Gasteiger charge is 2.50. The van der Waals surface area contributed by atoms with E-state index in [0.29, 0.717) is 25.7 Å². The molecule has 3 unspecified atom stereocenters. The molecule has 5 nitrogen and oxygen atoms in total. The number of esters is 1. The van der Waals surface area contributed by atoms with Gasteiger partial charge in [0.05, 0.1) is 6.61 Å². The summed E-state index contributed by atoms with van der Waals surface area (Å²) in [4.78, 5) is 22.6. The van der Waals surface area contributed by atoms with Gasteiger partial charge in [-0.3, -0.25) is 4.79 Å². The number of aliphatic carboxylic acids is 1. The Balaban J connectivity index is 2.67. The molecule has 7 heteroatoms. The van der Waals surface area contributed by atoms with Crippen LogP contribution in [-0.2, 0) is 14.3 Å². The molecule has 128 valence electrons. The van der Waals surface area contributed by atoms with Crippen molar-refractivity contribution in [2.45, 2.75) is 70.4 Å². The second-order valence-electron chi connectivity index (χ2n) is 5.75. The van der Waals surface area contributed by atoms with E-state index in [4.69, 9.17) is 5.11 Å². The van der Waals surface area contributed by atoms with Gasteiger partial charge in [-0.05, 0) is 32.6 Å². The van der Waals surface area contributed by atoms with E-state index in [1.54, 1.807) is 0 Å². The zero-order valence-corrected chi connectivity index (χ0v) is 13.1. The van der Waals surface area contributed by atoms with Crippen LogP contribution < -0.4 is 5.32 Å². The van der Waals surface area contributed by atoms with Crippen LogP contribution in [0.2, 0.25) is 0 Å². The first-order valence-corrected chi connectivity index (χ1v) is 7.86. The van der Waals surface area contributed by atoms with Gasteiger partial charge in [-0.25, -0.2) is 4.79 Å². The van der Waals surface area contributed by atoms with Gasteiger partial charge in [0, 0.05) is 12.0 Å². The molecule has 1 rings (SSSR count). The third kappa shape index (κ3) is 4.90. The van der Waals surface area contributed by atoms with Crippen LogP contribution in [0.3, 0.4) is 0 Å². The second kappa shape index (κ2) is 8.41. The van der Waals surface area contributed by atoms with E-state index in [1.165, 1.54) is 6.92 Å². The molecule has 0 aromatic rings. The second-order valence-corrected chi connectivity index (χ2v) is 5.75. The van der Waals surface area contributed by atoms with Crippen molar-refractivity contribution in [3.63, 3.8) is 0 Å². The van der Waals surface area contributed by atoms with E-state index in [-0.39, 0.29) is 25.5 Å². The minimum absolute atomic E-state index is 0.0826. The SMILES string of the molecule is CCCC(NC1CCCC(C(F)(F)C(=O)OCC)C1)C(=O)O. The fourth-order valence-electron chi connectivity index (χ4n) is 2.92. The highest BCUT2D eigenvalue weighted by Crippen LogP contribution is 2.37. The molecule has 0 spiro atoms. The number of carboxylic acid groups (broad SMARTS) is 1. The van der Waals surface area contributed by atoms with E-state index < -0.39 is 29.8 Å². The van der Waals surface area contributed by atoms with Crippen molar-refractivity contribution in [3.8, 4) is 0 Å². The van der Waals surface area contributed by atoms with E-state index in [9.17, 15) is 18.4 Å². The smallest absolute Gasteiger partial charge is 0.377 e. The molecular formula is C15H25F2NO4. The summed E-state index contributed by atoms with van der Waals surface area (Å²) in [6.45, 7) is 3.28. The number of rotatable bonds is 8. The van der Waals surface area contributed by atoms with Gasteiger partial charge in [0.15, 0.2) is 0 Å². The van der Waals surface area contributed by atoms with E-state index >= 15 is 0 Å². The van der Waals surface area contributed by atoms with Gasteiger partial charge >= 0.3 is 17.9 Å². The number of carboxylic acids is 1. The van der Waals surface area contributed by atoms with E-state index in [2.05, 4.69) is 10.1 Å². The first kappa shape index (κ1) is 18.8. The molecule has 0 saturated heterocycles. The van der Waals surface area contributed by atoms with Crippen molar-refractivity contribution < 1.29 is 28.2 Å². The van der Waals surface area contributed by atoms with Crippen LogP contribution in [0.1, 0.15) is 52.4 Å². The maximum absolute atomic E-state index is 14.1. The van der Waals surface area contributed by atoms with Gasteiger partial charge in [-0.1, -0.05) is 19.8 Å². The highest BCUT2D eigenvalue weighted by molar-refractivity contribution is 5.78. The van der Waals surface area contributed by atoms with Gasteiger partial charge < -0.3 is 15.2 Å². The quantitative estimate of drug-likeness (QED) is 0.672. The molecule has 2 N–H and O–H groups in total. The first-order chi connectivity index (χ1) is 10.3. The average molecular weight is 321 g/mol. The van der Waals surface area contributed by atoms with Crippen LogP contribution in [0.15, 0.2) is 0 Å². The van der Waals surface area contributed by atoms with Crippen molar-refractivity contribution >= 4 is 11.9 Å². The van der Waals surface area contributed by atoms with Crippen LogP contribution in [0, 0.1) is 5.92 Å². The first-order valence-electron chi connectivity index (χ1n) is 7.86. The summed E-state index contributed by atoms with van der Waals surface area (Å²) in [5.41, 5.74) is 0. The number of carbonyl (C=O) groups excluding carboxylic acids is 1. The van der Waals surface area contributed by atoms with Gasteiger partial charge in [0.1, 0.15) is 6.04 Å². The molecule has 0 heterocycles. The van der Waals surface area contributed by atoms with Gasteiger partial charge in [0.25, 0.3) is 0 Å². The average Bonchev–Trinajstić information content (AvgIpc) is 2.47. The number of hydrogen-bond donors (Lipinski definition) is 2. The number of hydrogen-bond acceptors (Lipinski definition) is 4. The summed E-state index contributed by atoms with van der Waals surface area (Å²) in [6, 6.07) is -1.04. The van der Waals surface area contributed by atoms with Gasteiger partial charge in [0.2, 0.25) is 0 Å². The predicted octanol–water partition coefficient (Wildman–Crippen LogP) is 2.59. The number of alkyl halides is 2. The Morgan fingerprint density at radius 3 is 2.59 bits per heavy atom. The van der Waals surface area contributed by atoms with Crippen LogP contribution in [0.25, 0.3) is 0 Å². The molecular weight excluding hydrogens is 296 g/mol. The Labute approximate surface area is 129 Å². The predicted molar refractivity (Wildman–Crippen MR) is 76.8 cm³/mol.